The van der Waals surface area contributed by atoms with E-state index in [1.54, 1.807) is 17.1 Å². The van der Waals surface area contributed by atoms with Gasteiger partial charge in [-0.25, -0.2) is 0 Å². The Bertz CT molecular complexity index is 917. The number of carbonyl (C=O) groups excluding carboxylic acids is 1. The summed E-state index contributed by atoms with van der Waals surface area (Å²) in [6.45, 7) is 2.72. The highest BCUT2D eigenvalue weighted by Crippen LogP contribution is 2.33. The normalized spacial score (nSPS) is 16.1. The van der Waals surface area contributed by atoms with Crippen LogP contribution >= 0.6 is 11.6 Å². The number of rotatable bonds is 3. The standard InChI is InChI=1S/C20H18ClN3O/c1-14-10-17-4-2-3-5-19(17)24(14)20(25)16-8-6-15(7-9-16)12-23-13-18(21)11-22-23/h2-9,11,13-14H,10,12H2,1H3. The molecule has 3 aromatic rings. The van der Waals surface area contributed by atoms with Crippen LogP contribution in [0.5, 0.6) is 0 Å². The summed E-state index contributed by atoms with van der Waals surface area (Å²) >= 11 is 5.89. The lowest BCUT2D eigenvalue weighted by molar-refractivity contribution is 0.0981. The van der Waals surface area contributed by atoms with Crippen LogP contribution in [0.4, 0.5) is 5.69 Å². The second-order valence-corrected chi connectivity index (χ2v) is 6.85. The van der Waals surface area contributed by atoms with Gasteiger partial charge in [-0.15, -0.1) is 0 Å². The molecular weight excluding hydrogens is 334 g/mol. The number of anilines is 1. The third kappa shape index (κ3) is 3.05. The van der Waals surface area contributed by atoms with Gasteiger partial charge < -0.3 is 4.90 Å². The molecule has 0 bridgehead atoms. The van der Waals surface area contributed by atoms with Crippen molar-refractivity contribution in [3.8, 4) is 0 Å². The molecule has 4 rings (SSSR count). The van der Waals surface area contributed by atoms with Crippen LogP contribution in [-0.4, -0.2) is 21.7 Å². The zero-order valence-electron chi connectivity index (χ0n) is 13.9. The summed E-state index contributed by atoms with van der Waals surface area (Å²) in [6.07, 6.45) is 4.30. The lowest BCUT2D eigenvalue weighted by Gasteiger charge is -2.23. The Hall–Kier alpha value is -2.59. The fourth-order valence-corrected chi connectivity index (χ4v) is 3.53. The van der Waals surface area contributed by atoms with Gasteiger partial charge in [-0.1, -0.05) is 41.9 Å². The molecule has 1 aliphatic heterocycles. The Morgan fingerprint density at radius 3 is 2.68 bits per heavy atom. The Kier molecular flexibility index (Phi) is 4.06. The highest BCUT2D eigenvalue weighted by molar-refractivity contribution is 6.30. The van der Waals surface area contributed by atoms with Crippen LogP contribution in [0.25, 0.3) is 0 Å². The van der Waals surface area contributed by atoms with Crippen LogP contribution in [-0.2, 0) is 13.0 Å². The third-order valence-corrected chi connectivity index (χ3v) is 4.77. The molecule has 1 unspecified atom stereocenters. The summed E-state index contributed by atoms with van der Waals surface area (Å²) in [5.74, 6) is 0.0473. The van der Waals surface area contributed by atoms with Gasteiger partial charge in [0.25, 0.3) is 5.91 Å². The van der Waals surface area contributed by atoms with Crippen LogP contribution in [0.15, 0.2) is 60.9 Å². The molecule has 4 nitrogen and oxygen atoms in total. The SMILES string of the molecule is CC1Cc2ccccc2N1C(=O)c1ccc(Cn2cc(Cl)cn2)cc1. The molecule has 0 spiro atoms. The van der Waals surface area contributed by atoms with Gasteiger partial charge in [0.1, 0.15) is 0 Å². The van der Waals surface area contributed by atoms with Crippen LogP contribution in [0.2, 0.25) is 5.02 Å². The van der Waals surface area contributed by atoms with Crippen molar-refractivity contribution in [1.29, 1.82) is 0 Å². The molecule has 1 atom stereocenters. The lowest BCUT2D eigenvalue weighted by Crippen LogP contribution is -2.35. The number of halogens is 1. The maximum atomic E-state index is 13.0. The maximum absolute atomic E-state index is 13.0. The van der Waals surface area contributed by atoms with Gasteiger partial charge in [-0.3, -0.25) is 9.48 Å². The largest absolute Gasteiger partial charge is 0.305 e. The summed E-state index contributed by atoms with van der Waals surface area (Å²) in [5, 5.41) is 4.80. The first-order chi connectivity index (χ1) is 12.1. The van der Waals surface area contributed by atoms with Crippen molar-refractivity contribution >= 4 is 23.2 Å². The summed E-state index contributed by atoms with van der Waals surface area (Å²) in [7, 11) is 0. The van der Waals surface area contributed by atoms with Crippen molar-refractivity contribution in [3.63, 3.8) is 0 Å². The minimum Gasteiger partial charge on any atom is -0.305 e. The molecule has 0 fully saturated rings. The zero-order valence-corrected chi connectivity index (χ0v) is 14.6. The summed E-state index contributed by atoms with van der Waals surface area (Å²) in [6, 6.07) is 16.0. The Morgan fingerprint density at radius 1 is 1.20 bits per heavy atom. The Morgan fingerprint density at radius 2 is 1.96 bits per heavy atom. The quantitative estimate of drug-likeness (QED) is 0.710. The number of aromatic nitrogens is 2. The Labute approximate surface area is 151 Å². The molecule has 1 aliphatic rings. The number of fused-ring (bicyclic) bond motifs is 1. The minimum atomic E-state index is 0.0473. The van der Waals surface area contributed by atoms with E-state index in [0.717, 1.165) is 17.7 Å². The van der Waals surface area contributed by atoms with E-state index in [1.807, 2.05) is 47.4 Å². The predicted molar refractivity (Wildman–Crippen MR) is 99.2 cm³/mol. The summed E-state index contributed by atoms with van der Waals surface area (Å²) in [4.78, 5) is 14.9. The van der Waals surface area contributed by atoms with Gasteiger partial charge in [0, 0.05) is 23.5 Å². The first kappa shape index (κ1) is 15.9. The molecule has 2 aromatic carbocycles. The molecule has 1 amide bonds. The van der Waals surface area contributed by atoms with E-state index >= 15 is 0 Å². The van der Waals surface area contributed by atoms with E-state index in [4.69, 9.17) is 11.6 Å². The molecule has 0 N–H and O–H groups in total. The monoisotopic (exact) mass is 351 g/mol. The Balaban J connectivity index is 1.55. The molecule has 0 aliphatic carbocycles. The van der Waals surface area contributed by atoms with E-state index in [2.05, 4.69) is 18.1 Å². The van der Waals surface area contributed by atoms with Crippen molar-refractivity contribution in [3.05, 3.63) is 82.6 Å². The lowest BCUT2D eigenvalue weighted by atomic mass is 10.1. The van der Waals surface area contributed by atoms with E-state index in [0.29, 0.717) is 17.1 Å². The molecule has 0 saturated carbocycles. The number of carbonyl (C=O) groups is 1. The molecule has 0 saturated heterocycles. The zero-order chi connectivity index (χ0) is 17.4. The van der Waals surface area contributed by atoms with Gasteiger partial charge in [0.2, 0.25) is 0 Å². The summed E-state index contributed by atoms with van der Waals surface area (Å²) < 4.78 is 1.78. The fraction of sp³-hybridized carbons (Fsp3) is 0.200. The van der Waals surface area contributed by atoms with Crippen LogP contribution in [0.1, 0.15) is 28.4 Å². The van der Waals surface area contributed by atoms with Crippen molar-refractivity contribution in [1.82, 2.24) is 9.78 Å². The third-order valence-electron chi connectivity index (χ3n) is 4.57. The molecule has 2 heterocycles. The average molecular weight is 352 g/mol. The van der Waals surface area contributed by atoms with E-state index in [-0.39, 0.29) is 11.9 Å². The smallest absolute Gasteiger partial charge is 0.258 e. The maximum Gasteiger partial charge on any atom is 0.258 e. The molecule has 1 aromatic heterocycles. The fourth-order valence-electron chi connectivity index (χ4n) is 3.38. The number of hydrogen-bond donors (Lipinski definition) is 0. The van der Waals surface area contributed by atoms with Gasteiger partial charge in [0.05, 0.1) is 17.8 Å². The number of amides is 1. The van der Waals surface area contributed by atoms with Crippen LogP contribution < -0.4 is 4.90 Å². The highest BCUT2D eigenvalue weighted by atomic mass is 35.5. The molecule has 5 heteroatoms. The van der Waals surface area contributed by atoms with Crippen molar-refractivity contribution in [2.45, 2.75) is 25.9 Å². The van der Waals surface area contributed by atoms with Gasteiger partial charge in [-0.2, -0.15) is 5.10 Å². The first-order valence-corrected chi connectivity index (χ1v) is 8.68. The average Bonchev–Trinajstić information content (AvgIpc) is 3.17. The second kappa shape index (κ2) is 6.37. The van der Waals surface area contributed by atoms with Crippen molar-refractivity contribution in [2.75, 3.05) is 4.90 Å². The highest BCUT2D eigenvalue weighted by Gasteiger charge is 2.31. The molecule has 0 radical (unpaired) electrons. The van der Waals surface area contributed by atoms with Gasteiger partial charge in [0.15, 0.2) is 0 Å². The predicted octanol–water partition coefficient (Wildman–Crippen LogP) is 4.18. The molecular formula is C20H18ClN3O. The van der Waals surface area contributed by atoms with Crippen LogP contribution in [0, 0.1) is 0 Å². The first-order valence-electron chi connectivity index (χ1n) is 8.30. The number of benzene rings is 2. The van der Waals surface area contributed by atoms with E-state index in [1.165, 1.54) is 5.56 Å². The van der Waals surface area contributed by atoms with Crippen molar-refractivity contribution in [2.24, 2.45) is 0 Å². The molecule has 126 valence electrons. The molecule has 25 heavy (non-hydrogen) atoms. The number of hydrogen-bond acceptors (Lipinski definition) is 2. The van der Waals surface area contributed by atoms with E-state index in [9.17, 15) is 4.79 Å². The minimum absolute atomic E-state index is 0.0473. The summed E-state index contributed by atoms with van der Waals surface area (Å²) in [5.41, 5.74) is 4.03. The van der Waals surface area contributed by atoms with Crippen LogP contribution in [0.3, 0.4) is 0 Å². The second-order valence-electron chi connectivity index (χ2n) is 6.41. The topological polar surface area (TPSA) is 38.1 Å². The number of nitrogens with zero attached hydrogens (tertiary/aromatic N) is 3. The van der Waals surface area contributed by atoms with Gasteiger partial charge >= 0.3 is 0 Å². The van der Waals surface area contributed by atoms with E-state index < -0.39 is 0 Å². The van der Waals surface area contributed by atoms with Crippen molar-refractivity contribution < 1.29 is 4.79 Å². The number of para-hydroxylation sites is 1. The van der Waals surface area contributed by atoms with Gasteiger partial charge in [-0.05, 0) is 42.7 Å².